The predicted molar refractivity (Wildman–Crippen MR) is 57.7 cm³/mol. The van der Waals surface area contributed by atoms with Gasteiger partial charge in [-0.25, -0.2) is 0 Å². The van der Waals surface area contributed by atoms with Gasteiger partial charge in [-0.05, 0) is 25.5 Å². The third-order valence-corrected chi connectivity index (χ3v) is 2.80. The predicted octanol–water partition coefficient (Wildman–Crippen LogP) is 2.15. The highest BCUT2D eigenvalue weighted by Crippen LogP contribution is 2.41. The standard InChI is InChI=1S/C12H14O4/c1-2-16-10-6-5-8(14)11-7(13)3-4-9(15)12(10)11/h3-4,10,13,15H,2,5-6H2,1H3. The number of carbonyl (C=O) groups is 1. The Morgan fingerprint density at radius 3 is 2.75 bits per heavy atom. The molecular weight excluding hydrogens is 208 g/mol. The van der Waals surface area contributed by atoms with Gasteiger partial charge < -0.3 is 14.9 Å². The second-order valence-electron chi connectivity index (χ2n) is 3.80. The van der Waals surface area contributed by atoms with E-state index in [1.54, 1.807) is 0 Å². The van der Waals surface area contributed by atoms with Gasteiger partial charge in [-0.15, -0.1) is 0 Å². The summed E-state index contributed by atoms with van der Waals surface area (Å²) in [4.78, 5) is 11.7. The number of fused-ring (bicyclic) bond motifs is 1. The van der Waals surface area contributed by atoms with Crippen LogP contribution in [0.3, 0.4) is 0 Å². The molecule has 0 saturated carbocycles. The van der Waals surface area contributed by atoms with Gasteiger partial charge in [0.05, 0.1) is 11.7 Å². The molecule has 0 saturated heterocycles. The maximum atomic E-state index is 11.7. The lowest BCUT2D eigenvalue weighted by atomic mass is 9.87. The highest BCUT2D eigenvalue weighted by molar-refractivity contribution is 6.01. The molecule has 0 aliphatic heterocycles. The molecule has 0 fully saturated rings. The van der Waals surface area contributed by atoms with E-state index in [-0.39, 0.29) is 28.9 Å². The number of aromatic hydroxyl groups is 2. The molecule has 1 aliphatic rings. The first-order valence-corrected chi connectivity index (χ1v) is 5.34. The van der Waals surface area contributed by atoms with Crippen molar-refractivity contribution in [2.45, 2.75) is 25.9 Å². The number of carbonyl (C=O) groups excluding carboxylic acids is 1. The van der Waals surface area contributed by atoms with Gasteiger partial charge in [0.25, 0.3) is 0 Å². The summed E-state index contributed by atoms with van der Waals surface area (Å²) >= 11 is 0. The number of phenols is 2. The second kappa shape index (κ2) is 4.14. The summed E-state index contributed by atoms with van der Waals surface area (Å²) in [7, 11) is 0. The smallest absolute Gasteiger partial charge is 0.167 e. The zero-order chi connectivity index (χ0) is 11.7. The van der Waals surface area contributed by atoms with E-state index < -0.39 is 0 Å². The zero-order valence-corrected chi connectivity index (χ0v) is 9.06. The fraction of sp³-hybridized carbons (Fsp3) is 0.417. The number of Topliss-reactive ketones (excluding diaryl/α,β-unsaturated/α-hetero) is 1. The van der Waals surface area contributed by atoms with Crippen molar-refractivity contribution >= 4 is 5.78 Å². The number of ketones is 1. The van der Waals surface area contributed by atoms with E-state index in [2.05, 4.69) is 0 Å². The molecule has 0 heterocycles. The molecule has 2 N–H and O–H groups in total. The van der Waals surface area contributed by atoms with Crippen LogP contribution in [0, 0.1) is 0 Å². The van der Waals surface area contributed by atoms with Crippen molar-refractivity contribution in [1.82, 2.24) is 0 Å². The summed E-state index contributed by atoms with van der Waals surface area (Å²) in [5.41, 5.74) is 0.641. The van der Waals surface area contributed by atoms with Crippen LogP contribution in [-0.2, 0) is 4.74 Å². The molecule has 2 rings (SSSR count). The van der Waals surface area contributed by atoms with Crippen molar-refractivity contribution < 1.29 is 19.7 Å². The molecule has 1 aromatic rings. The lowest BCUT2D eigenvalue weighted by Gasteiger charge is -2.25. The monoisotopic (exact) mass is 222 g/mol. The zero-order valence-electron chi connectivity index (χ0n) is 9.06. The van der Waals surface area contributed by atoms with Crippen LogP contribution < -0.4 is 0 Å². The summed E-state index contributed by atoms with van der Waals surface area (Å²) in [5, 5.41) is 19.4. The third-order valence-electron chi connectivity index (χ3n) is 2.80. The normalized spacial score (nSPS) is 19.6. The van der Waals surface area contributed by atoms with Gasteiger partial charge in [-0.3, -0.25) is 4.79 Å². The highest BCUT2D eigenvalue weighted by atomic mass is 16.5. The number of ether oxygens (including phenoxy) is 1. The Kier molecular flexibility index (Phi) is 2.83. The summed E-state index contributed by atoms with van der Waals surface area (Å²) in [6.45, 7) is 2.36. The van der Waals surface area contributed by atoms with Crippen molar-refractivity contribution in [2.24, 2.45) is 0 Å². The van der Waals surface area contributed by atoms with Crippen LogP contribution in [0.5, 0.6) is 11.5 Å². The molecule has 0 radical (unpaired) electrons. The van der Waals surface area contributed by atoms with Gasteiger partial charge in [0.15, 0.2) is 5.78 Å². The van der Waals surface area contributed by atoms with Crippen molar-refractivity contribution in [3.63, 3.8) is 0 Å². The minimum atomic E-state index is -0.301. The molecule has 0 amide bonds. The van der Waals surface area contributed by atoms with Crippen molar-refractivity contribution in [1.29, 1.82) is 0 Å². The Morgan fingerprint density at radius 1 is 1.38 bits per heavy atom. The lowest BCUT2D eigenvalue weighted by Crippen LogP contribution is -2.18. The topological polar surface area (TPSA) is 66.8 Å². The molecule has 1 atom stereocenters. The van der Waals surface area contributed by atoms with E-state index in [1.807, 2.05) is 6.92 Å². The van der Waals surface area contributed by atoms with E-state index in [0.29, 0.717) is 25.0 Å². The minimum absolute atomic E-state index is 0.0132. The van der Waals surface area contributed by atoms with Gasteiger partial charge in [0, 0.05) is 18.6 Å². The van der Waals surface area contributed by atoms with E-state index in [4.69, 9.17) is 4.74 Å². The first kappa shape index (κ1) is 11.0. The van der Waals surface area contributed by atoms with E-state index >= 15 is 0 Å². The number of hydrogen-bond acceptors (Lipinski definition) is 4. The molecule has 1 aliphatic carbocycles. The van der Waals surface area contributed by atoms with Crippen molar-refractivity contribution in [2.75, 3.05) is 6.61 Å². The summed E-state index contributed by atoms with van der Waals surface area (Å²) < 4.78 is 5.47. The second-order valence-corrected chi connectivity index (χ2v) is 3.80. The SMILES string of the molecule is CCOC1CCC(=O)c2c(O)ccc(O)c21. The van der Waals surface area contributed by atoms with Crippen LogP contribution >= 0.6 is 0 Å². The van der Waals surface area contributed by atoms with Crippen LogP contribution in [-0.4, -0.2) is 22.6 Å². The number of rotatable bonds is 2. The third kappa shape index (κ3) is 1.65. The lowest BCUT2D eigenvalue weighted by molar-refractivity contribution is 0.0451. The van der Waals surface area contributed by atoms with Gasteiger partial charge >= 0.3 is 0 Å². The van der Waals surface area contributed by atoms with Crippen molar-refractivity contribution in [3.8, 4) is 11.5 Å². The molecule has 4 nitrogen and oxygen atoms in total. The molecule has 4 heteroatoms. The molecule has 1 unspecified atom stereocenters. The van der Waals surface area contributed by atoms with Gasteiger partial charge in [-0.1, -0.05) is 0 Å². The van der Waals surface area contributed by atoms with Crippen LogP contribution in [0.4, 0.5) is 0 Å². The van der Waals surface area contributed by atoms with Crippen LogP contribution in [0.1, 0.15) is 41.8 Å². The number of benzene rings is 1. The summed E-state index contributed by atoms with van der Waals surface area (Å²) in [6.07, 6.45) is 0.593. The molecule has 16 heavy (non-hydrogen) atoms. The Bertz CT molecular complexity index is 425. The average molecular weight is 222 g/mol. The molecule has 0 spiro atoms. The highest BCUT2D eigenvalue weighted by Gasteiger charge is 2.31. The average Bonchev–Trinajstić information content (AvgIpc) is 2.26. The van der Waals surface area contributed by atoms with Crippen LogP contribution in [0.2, 0.25) is 0 Å². The van der Waals surface area contributed by atoms with E-state index in [0.717, 1.165) is 0 Å². The summed E-state index contributed by atoms with van der Waals surface area (Å²) in [6, 6.07) is 2.72. The Hall–Kier alpha value is -1.55. The van der Waals surface area contributed by atoms with Gasteiger partial charge in [0.2, 0.25) is 0 Å². The fourth-order valence-electron chi connectivity index (χ4n) is 2.12. The number of phenolic OH excluding ortho intramolecular Hbond substituents is 2. The molecule has 0 bridgehead atoms. The van der Waals surface area contributed by atoms with Crippen molar-refractivity contribution in [3.05, 3.63) is 23.3 Å². The Labute approximate surface area is 93.5 Å². The maximum absolute atomic E-state index is 11.7. The fourth-order valence-corrected chi connectivity index (χ4v) is 2.12. The van der Waals surface area contributed by atoms with E-state index in [1.165, 1.54) is 12.1 Å². The number of hydrogen-bond donors (Lipinski definition) is 2. The quantitative estimate of drug-likeness (QED) is 0.752. The first-order chi connectivity index (χ1) is 7.65. The molecule has 0 aromatic heterocycles. The van der Waals surface area contributed by atoms with E-state index in [9.17, 15) is 15.0 Å². The van der Waals surface area contributed by atoms with Gasteiger partial charge in [-0.2, -0.15) is 0 Å². The van der Waals surface area contributed by atoms with Gasteiger partial charge in [0.1, 0.15) is 11.5 Å². The Balaban J connectivity index is 2.55. The first-order valence-electron chi connectivity index (χ1n) is 5.34. The molecule has 86 valence electrons. The molecule has 1 aromatic carbocycles. The summed E-state index contributed by atoms with van der Waals surface area (Å²) in [5.74, 6) is -0.208. The van der Waals surface area contributed by atoms with Crippen LogP contribution in [0.15, 0.2) is 12.1 Å². The maximum Gasteiger partial charge on any atom is 0.167 e. The minimum Gasteiger partial charge on any atom is -0.508 e. The van der Waals surface area contributed by atoms with Crippen LogP contribution in [0.25, 0.3) is 0 Å². The largest absolute Gasteiger partial charge is 0.508 e. The Morgan fingerprint density at radius 2 is 2.06 bits per heavy atom. The molecular formula is C12H14O4.